The Kier molecular flexibility index (Phi) is 5.06. The van der Waals surface area contributed by atoms with Crippen molar-refractivity contribution in [2.45, 2.75) is 26.8 Å². The molecule has 0 radical (unpaired) electrons. The standard InChI is InChI=1S/C14H21NO/c1-11(2)15-9-13(4)10-16-14-7-5-6-12(3)8-14/h5-8,11,15H,4,9-10H2,1-3H3. The lowest BCUT2D eigenvalue weighted by Gasteiger charge is -2.12. The van der Waals surface area contributed by atoms with Crippen LogP contribution in [0.2, 0.25) is 0 Å². The molecule has 1 aromatic rings. The van der Waals surface area contributed by atoms with E-state index in [1.54, 1.807) is 0 Å². The van der Waals surface area contributed by atoms with E-state index in [2.05, 4.69) is 38.7 Å². The van der Waals surface area contributed by atoms with Gasteiger partial charge in [0, 0.05) is 12.6 Å². The maximum atomic E-state index is 5.64. The summed E-state index contributed by atoms with van der Waals surface area (Å²) in [5.74, 6) is 0.908. The Hall–Kier alpha value is -1.28. The molecule has 0 heterocycles. The van der Waals surface area contributed by atoms with E-state index in [4.69, 9.17) is 4.74 Å². The Balaban J connectivity index is 2.31. The second kappa shape index (κ2) is 6.33. The second-order valence-electron chi connectivity index (χ2n) is 4.39. The molecular formula is C14H21NO. The number of rotatable bonds is 6. The number of hydrogen-bond donors (Lipinski definition) is 1. The predicted octanol–water partition coefficient (Wildman–Crippen LogP) is 2.93. The third-order valence-electron chi connectivity index (χ3n) is 2.19. The van der Waals surface area contributed by atoms with Crippen LogP contribution in [-0.2, 0) is 0 Å². The molecule has 1 N–H and O–H groups in total. The fraction of sp³-hybridized carbons (Fsp3) is 0.429. The zero-order valence-electron chi connectivity index (χ0n) is 10.4. The second-order valence-corrected chi connectivity index (χ2v) is 4.39. The van der Waals surface area contributed by atoms with Gasteiger partial charge in [-0.05, 0) is 30.2 Å². The van der Waals surface area contributed by atoms with E-state index in [0.29, 0.717) is 12.6 Å². The first-order chi connectivity index (χ1) is 7.58. The van der Waals surface area contributed by atoms with E-state index in [9.17, 15) is 0 Å². The first-order valence-electron chi connectivity index (χ1n) is 5.67. The normalized spacial score (nSPS) is 10.5. The minimum absolute atomic E-state index is 0.482. The van der Waals surface area contributed by atoms with Crippen LogP contribution in [0, 0.1) is 6.92 Å². The highest BCUT2D eigenvalue weighted by Gasteiger charge is 1.98. The van der Waals surface area contributed by atoms with Gasteiger partial charge < -0.3 is 10.1 Å². The van der Waals surface area contributed by atoms with Crippen molar-refractivity contribution in [3.63, 3.8) is 0 Å². The van der Waals surface area contributed by atoms with Crippen molar-refractivity contribution >= 4 is 0 Å². The lowest BCUT2D eigenvalue weighted by molar-refractivity contribution is 0.347. The lowest BCUT2D eigenvalue weighted by atomic mass is 10.2. The molecule has 2 heteroatoms. The molecule has 88 valence electrons. The largest absolute Gasteiger partial charge is 0.489 e. The van der Waals surface area contributed by atoms with Gasteiger partial charge in [0.25, 0.3) is 0 Å². The van der Waals surface area contributed by atoms with E-state index < -0.39 is 0 Å². The molecule has 0 aliphatic carbocycles. The van der Waals surface area contributed by atoms with Crippen LogP contribution in [0.5, 0.6) is 5.75 Å². The average Bonchev–Trinajstić information content (AvgIpc) is 2.23. The van der Waals surface area contributed by atoms with Gasteiger partial charge in [0.15, 0.2) is 0 Å². The van der Waals surface area contributed by atoms with Crippen molar-refractivity contribution in [2.75, 3.05) is 13.2 Å². The van der Waals surface area contributed by atoms with Gasteiger partial charge in [-0.1, -0.05) is 32.6 Å². The highest BCUT2D eigenvalue weighted by Crippen LogP contribution is 2.12. The van der Waals surface area contributed by atoms with Crippen LogP contribution in [0.3, 0.4) is 0 Å². The van der Waals surface area contributed by atoms with Gasteiger partial charge in [-0.2, -0.15) is 0 Å². The van der Waals surface area contributed by atoms with Gasteiger partial charge in [-0.25, -0.2) is 0 Å². The summed E-state index contributed by atoms with van der Waals surface area (Å²) in [5, 5.41) is 3.31. The van der Waals surface area contributed by atoms with Crippen molar-refractivity contribution in [2.24, 2.45) is 0 Å². The minimum Gasteiger partial charge on any atom is -0.489 e. The van der Waals surface area contributed by atoms with Crippen molar-refractivity contribution in [1.82, 2.24) is 5.32 Å². The number of benzene rings is 1. The van der Waals surface area contributed by atoms with Gasteiger partial charge in [0.2, 0.25) is 0 Å². The molecule has 0 atom stereocenters. The predicted molar refractivity (Wildman–Crippen MR) is 69.0 cm³/mol. The summed E-state index contributed by atoms with van der Waals surface area (Å²) < 4.78 is 5.64. The summed E-state index contributed by atoms with van der Waals surface area (Å²) in [5.41, 5.74) is 2.28. The highest BCUT2D eigenvalue weighted by molar-refractivity contribution is 5.27. The Morgan fingerprint density at radius 1 is 1.44 bits per heavy atom. The Labute approximate surface area is 98.3 Å². The van der Waals surface area contributed by atoms with Crippen LogP contribution >= 0.6 is 0 Å². The third kappa shape index (κ3) is 4.99. The van der Waals surface area contributed by atoms with E-state index in [1.807, 2.05) is 18.2 Å². The summed E-state index contributed by atoms with van der Waals surface area (Å²) in [7, 11) is 0. The zero-order chi connectivity index (χ0) is 12.0. The molecule has 1 rings (SSSR count). The maximum Gasteiger partial charge on any atom is 0.120 e. The molecule has 0 spiro atoms. The van der Waals surface area contributed by atoms with Gasteiger partial charge in [0.05, 0.1) is 0 Å². The van der Waals surface area contributed by atoms with Crippen molar-refractivity contribution in [1.29, 1.82) is 0 Å². The van der Waals surface area contributed by atoms with Crippen LogP contribution in [0.25, 0.3) is 0 Å². The average molecular weight is 219 g/mol. The van der Waals surface area contributed by atoms with E-state index in [0.717, 1.165) is 17.9 Å². The van der Waals surface area contributed by atoms with Crippen molar-refractivity contribution < 1.29 is 4.74 Å². The molecular weight excluding hydrogens is 198 g/mol. The molecule has 0 amide bonds. The fourth-order valence-corrected chi connectivity index (χ4v) is 1.29. The van der Waals surface area contributed by atoms with Gasteiger partial charge in [-0.15, -0.1) is 0 Å². The van der Waals surface area contributed by atoms with Crippen LogP contribution in [0.15, 0.2) is 36.4 Å². The summed E-state index contributed by atoms with van der Waals surface area (Å²) in [6.07, 6.45) is 0. The molecule has 0 aliphatic heterocycles. The van der Waals surface area contributed by atoms with E-state index >= 15 is 0 Å². The van der Waals surface area contributed by atoms with Crippen molar-refractivity contribution in [3.8, 4) is 5.75 Å². The number of nitrogens with one attached hydrogen (secondary N) is 1. The number of ether oxygens (including phenoxy) is 1. The molecule has 0 saturated heterocycles. The zero-order valence-corrected chi connectivity index (χ0v) is 10.4. The fourth-order valence-electron chi connectivity index (χ4n) is 1.29. The first kappa shape index (κ1) is 12.8. The number of hydrogen-bond acceptors (Lipinski definition) is 2. The maximum absolute atomic E-state index is 5.64. The molecule has 0 aliphatic rings. The molecule has 16 heavy (non-hydrogen) atoms. The van der Waals surface area contributed by atoms with E-state index in [1.165, 1.54) is 5.56 Å². The summed E-state index contributed by atoms with van der Waals surface area (Å²) in [4.78, 5) is 0. The van der Waals surface area contributed by atoms with Crippen LogP contribution < -0.4 is 10.1 Å². The van der Waals surface area contributed by atoms with Gasteiger partial charge in [-0.3, -0.25) is 0 Å². The lowest BCUT2D eigenvalue weighted by Crippen LogP contribution is -2.26. The van der Waals surface area contributed by atoms with E-state index in [-0.39, 0.29) is 0 Å². The van der Waals surface area contributed by atoms with Gasteiger partial charge >= 0.3 is 0 Å². The van der Waals surface area contributed by atoms with Gasteiger partial charge in [0.1, 0.15) is 12.4 Å². The van der Waals surface area contributed by atoms with Crippen LogP contribution in [0.1, 0.15) is 19.4 Å². The molecule has 1 aromatic carbocycles. The Morgan fingerprint density at radius 3 is 2.81 bits per heavy atom. The first-order valence-corrected chi connectivity index (χ1v) is 5.67. The molecule has 0 fully saturated rings. The molecule has 2 nitrogen and oxygen atoms in total. The Bertz CT molecular complexity index is 344. The molecule has 0 saturated carbocycles. The number of aryl methyl sites for hydroxylation is 1. The third-order valence-corrected chi connectivity index (χ3v) is 2.19. The minimum atomic E-state index is 0.482. The highest BCUT2D eigenvalue weighted by atomic mass is 16.5. The topological polar surface area (TPSA) is 21.3 Å². The van der Waals surface area contributed by atoms with Crippen LogP contribution in [0.4, 0.5) is 0 Å². The smallest absolute Gasteiger partial charge is 0.120 e. The SMILES string of the molecule is C=C(CNC(C)C)COc1cccc(C)c1. The Morgan fingerprint density at radius 2 is 2.19 bits per heavy atom. The summed E-state index contributed by atoms with van der Waals surface area (Å²) in [6.45, 7) is 11.7. The van der Waals surface area contributed by atoms with Crippen LogP contribution in [-0.4, -0.2) is 19.2 Å². The summed E-state index contributed by atoms with van der Waals surface area (Å²) >= 11 is 0. The summed E-state index contributed by atoms with van der Waals surface area (Å²) in [6, 6.07) is 8.54. The monoisotopic (exact) mass is 219 g/mol. The quantitative estimate of drug-likeness (QED) is 0.743. The van der Waals surface area contributed by atoms with Crippen molar-refractivity contribution in [3.05, 3.63) is 42.0 Å². The molecule has 0 aromatic heterocycles. The molecule has 0 bridgehead atoms. The molecule has 0 unspecified atom stereocenters.